The maximum atomic E-state index is 6.76. The maximum absolute atomic E-state index is 6.76. The van der Waals surface area contributed by atoms with Gasteiger partial charge in [-0.3, -0.25) is 0 Å². The van der Waals surface area contributed by atoms with E-state index in [0.29, 0.717) is 5.82 Å². The molecule has 0 saturated heterocycles. The van der Waals surface area contributed by atoms with Crippen LogP contribution in [0.3, 0.4) is 0 Å². The van der Waals surface area contributed by atoms with Gasteiger partial charge in [-0.15, -0.1) is 0 Å². The van der Waals surface area contributed by atoms with Crippen molar-refractivity contribution in [3.63, 3.8) is 0 Å². The largest absolute Gasteiger partial charge is 0.455 e. The lowest BCUT2D eigenvalue weighted by atomic mass is 9.89. The van der Waals surface area contributed by atoms with E-state index in [1.165, 1.54) is 32.3 Å². The van der Waals surface area contributed by atoms with Gasteiger partial charge in [-0.25, -0.2) is 9.97 Å². The number of hydrogen-bond donors (Lipinski definition) is 0. The van der Waals surface area contributed by atoms with Crippen molar-refractivity contribution in [2.24, 2.45) is 0 Å². The Morgan fingerprint density at radius 3 is 1.57 bits per heavy atom. The highest BCUT2D eigenvalue weighted by molar-refractivity contribution is 6.26. The molecule has 0 spiro atoms. The molecule has 2 aromatic heterocycles. The fourth-order valence-electron chi connectivity index (χ4n) is 7.41. The van der Waals surface area contributed by atoms with Crippen molar-refractivity contribution in [1.29, 1.82) is 0 Å². The van der Waals surface area contributed by atoms with Crippen molar-refractivity contribution >= 4 is 54.3 Å². The van der Waals surface area contributed by atoms with Crippen molar-refractivity contribution in [1.82, 2.24) is 9.97 Å². The van der Waals surface area contributed by atoms with Crippen LogP contribution in [0, 0.1) is 0 Å². The molecule has 0 aliphatic carbocycles. The molecule has 0 saturated carbocycles. The summed E-state index contributed by atoms with van der Waals surface area (Å²) in [5.41, 5.74) is 8.53. The lowest BCUT2D eigenvalue weighted by molar-refractivity contribution is 0.670. The zero-order valence-corrected chi connectivity index (χ0v) is 26.5. The molecular formula is C46H28N2O. The second-order valence-electron chi connectivity index (χ2n) is 12.5. The number of nitrogens with zero attached hydrogens (tertiary/aromatic N) is 2. The minimum absolute atomic E-state index is 0.684. The van der Waals surface area contributed by atoms with E-state index in [9.17, 15) is 0 Å². The molecule has 0 aliphatic heterocycles. The Balaban J connectivity index is 1.31. The molecule has 0 aliphatic rings. The standard InChI is InChI=1S/C46H28N2O/c1-3-13-29(14-4-1)41-28-42(48-46(47-41)30-15-5-2-6-16-30)39-26-25-38-37-21-11-12-22-43(37)49-45(38)44(39)31-23-24-36-34-19-8-7-17-32(34)33-18-9-10-20-35(33)40(36)27-31/h1-28H. The van der Waals surface area contributed by atoms with E-state index in [2.05, 4.69) is 121 Å². The van der Waals surface area contributed by atoms with Crippen molar-refractivity contribution in [3.05, 3.63) is 170 Å². The lowest BCUT2D eigenvalue weighted by Gasteiger charge is -2.15. The highest BCUT2D eigenvalue weighted by atomic mass is 16.3. The number of para-hydroxylation sites is 1. The van der Waals surface area contributed by atoms with E-state index in [0.717, 1.165) is 61.1 Å². The van der Waals surface area contributed by atoms with Crippen molar-refractivity contribution in [2.45, 2.75) is 0 Å². The van der Waals surface area contributed by atoms with E-state index in [1.54, 1.807) is 0 Å². The smallest absolute Gasteiger partial charge is 0.160 e. The van der Waals surface area contributed by atoms with Crippen LogP contribution in [-0.4, -0.2) is 9.97 Å². The van der Waals surface area contributed by atoms with E-state index in [-0.39, 0.29) is 0 Å². The molecule has 3 nitrogen and oxygen atoms in total. The summed E-state index contributed by atoms with van der Waals surface area (Å²) < 4.78 is 6.76. The molecule has 0 bridgehead atoms. The van der Waals surface area contributed by atoms with Crippen molar-refractivity contribution in [3.8, 4) is 45.0 Å². The Morgan fingerprint density at radius 1 is 0.347 bits per heavy atom. The summed E-state index contributed by atoms with van der Waals surface area (Å²) in [5, 5.41) is 9.62. The molecule has 3 heteroatoms. The van der Waals surface area contributed by atoms with Gasteiger partial charge in [0.1, 0.15) is 11.2 Å². The van der Waals surface area contributed by atoms with Gasteiger partial charge in [0.2, 0.25) is 0 Å². The van der Waals surface area contributed by atoms with Crippen LogP contribution in [0.1, 0.15) is 0 Å². The number of benzene rings is 8. The van der Waals surface area contributed by atoms with E-state index in [4.69, 9.17) is 14.4 Å². The summed E-state index contributed by atoms with van der Waals surface area (Å²) in [7, 11) is 0. The van der Waals surface area contributed by atoms with Gasteiger partial charge in [0.15, 0.2) is 5.82 Å². The number of aromatic nitrogens is 2. The van der Waals surface area contributed by atoms with Crippen molar-refractivity contribution < 1.29 is 4.42 Å². The molecule has 0 unspecified atom stereocenters. The first kappa shape index (κ1) is 27.5. The Bertz CT molecular complexity index is 2780. The Kier molecular flexibility index (Phi) is 6.18. The monoisotopic (exact) mass is 624 g/mol. The molecule has 10 aromatic rings. The Labute approximate surface area is 282 Å². The van der Waals surface area contributed by atoms with Gasteiger partial charge in [-0.05, 0) is 62.1 Å². The maximum Gasteiger partial charge on any atom is 0.160 e. The second-order valence-corrected chi connectivity index (χ2v) is 12.5. The quantitative estimate of drug-likeness (QED) is 0.183. The van der Waals surface area contributed by atoms with Crippen LogP contribution >= 0.6 is 0 Å². The van der Waals surface area contributed by atoms with Crippen LogP contribution in [0.25, 0.3) is 99.3 Å². The van der Waals surface area contributed by atoms with Gasteiger partial charge in [0.05, 0.1) is 11.4 Å². The first-order valence-corrected chi connectivity index (χ1v) is 16.6. The third-order valence-electron chi connectivity index (χ3n) is 9.68. The van der Waals surface area contributed by atoms with Crippen LogP contribution in [0.2, 0.25) is 0 Å². The van der Waals surface area contributed by atoms with Gasteiger partial charge < -0.3 is 4.42 Å². The fourth-order valence-corrected chi connectivity index (χ4v) is 7.41. The molecule has 0 N–H and O–H groups in total. The molecular weight excluding hydrogens is 597 g/mol. The summed E-state index contributed by atoms with van der Waals surface area (Å²) in [4.78, 5) is 10.3. The minimum atomic E-state index is 0.684. The Hall–Kier alpha value is -6.58. The van der Waals surface area contributed by atoms with Crippen LogP contribution in [0.15, 0.2) is 174 Å². The van der Waals surface area contributed by atoms with Crippen LogP contribution < -0.4 is 0 Å². The molecule has 10 rings (SSSR count). The van der Waals surface area contributed by atoms with Gasteiger partial charge in [-0.2, -0.15) is 0 Å². The first-order valence-electron chi connectivity index (χ1n) is 16.6. The summed E-state index contributed by atoms with van der Waals surface area (Å²) in [6.07, 6.45) is 0. The molecule has 0 radical (unpaired) electrons. The fraction of sp³-hybridized carbons (Fsp3) is 0. The average Bonchev–Trinajstić information content (AvgIpc) is 3.57. The number of hydrogen-bond acceptors (Lipinski definition) is 3. The topological polar surface area (TPSA) is 38.9 Å². The molecule has 0 amide bonds. The third-order valence-corrected chi connectivity index (χ3v) is 9.68. The minimum Gasteiger partial charge on any atom is -0.455 e. The SMILES string of the molecule is c1ccc(-c2cc(-c3ccc4c(oc5ccccc54)c3-c3ccc4c5ccccc5c5ccccc5c4c3)nc(-c3ccccc3)n2)cc1. The highest BCUT2D eigenvalue weighted by Crippen LogP contribution is 2.44. The summed E-state index contributed by atoms with van der Waals surface area (Å²) in [6, 6.07) is 59.6. The zero-order valence-electron chi connectivity index (χ0n) is 26.5. The number of rotatable bonds is 4. The lowest BCUT2D eigenvalue weighted by Crippen LogP contribution is -1.97. The van der Waals surface area contributed by atoms with Gasteiger partial charge in [-0.1, -0.05) is 146 Å². The zero-order chi connectivity index (χ0) is 32.3. The van der Waals surface area contributed by atoms with Crippen LogP contribution in [-0.2, 0) is 0 Å². The molecule has 228 valence electrons. The van der Waals surface area contributed by atoms with E-state index in [1.807, 2.05) is 48.5 Å². The normalized spacial score (nSPS) is 11.7. The second kappa shape index (κ2) is 11.0. The van der Waals surface area contributed by atoms with Crippen molar-refractivity contribution in [2.75, 3.05) is 0 Å². The molecule has 49 heavy (non-hydrogen) atoms. The Morgan fingerprint density at radius 2 is 0.878 bits per heavy atom. The molecule has 8 aromatic carbocycles. The van der Waals surface area contributed by atoms with Gasteiger partial charge in [0, 0.05) is 33.0 Å². The molecule has 0 fully saturated rings. The van der Waals surface area contributed by atoms with Crippen LogP contribution in [0.5, 0.6) is 0 Å². The molecule has 2 heterocycles. The highest BCUT2D eigenvalue weighted by Gasteiger charge is 2.21. The van der Waals surface area contributed by atoms with E-state index < -0.39 is 0 Å². The number of fused-ring (bicyclic) bond motifs is 9. The predicted octanol–water partition coefficient (Wildman–Crippen LogP) is 12.5. The third kappa shape index (κ3) is 4.44. The first-order chi connectivity index (χ1) is 24.3. The predicted molar refractivity (Wildman–Crippen MR) is 204 cm³/mol. The summed E-state index contributed by atoms with van der Waals surface area (Å²) in [6.45, 7) is 0. The van der Waals surface area contributed by atoms with Gasteiger partial charge >= 0.3 is 0 Å². The van der Waals surface area contributed by atoms with Crippen LogP contribution in [0.4, 0.5) is 0 Å². The summed E-state index contributed by atoms with van der Waals surface area (Å²) >= 11 is 0. The number of furan rings is 1. The summed E-state index contributed by atoms with van der Waals surface area (Å²) in [5.74, 6) is 0.684. The molecule has 0 atom stereocenters. The van der Waals surface area contributed by atoms with Gasteiger partial charge in [0.25, 0.3) is 0 Å². The average molecular weight is 625 g/mol. The van der Waals surface area contributed by atoms with E-state index >= 15 is 0 Å².